The molecule has 1 aromatic carbocycles. The number of aromatic nitrogens is 1. The second-order valence-corrected chi connectivity index (χ2v) is 4.86. The number of likely N-dealkylation sites (tertiary alicyclic amines) is 1. The van der Waals surface area contributed by atoms with Crippen molar-refractivity contribution < 1.29 is 9.90 Å². The van der Waals surface area contributed by atoms with Crippen LogP contribution in [-0.2, 0) is 6.54 Å². The molecule has 0 bridgehead atoms. The van der Waals surface area contributed by atoms with E-state index in [1.54, 1.807) is 12.1 Å². The zero-order chi connectivity index (χ0) is 12.5. The summed E-state index contributed by atoms with van der Waals surface area (Å²) in [6.45, 7) is 3.28. The van der Waals surface area contributed by atoms with Crippen LogP contribution in [0.3, 0.4) is 0 Å². The Morgan fingerprint density at radius 3 is 2.74 bits per heavy atom. The summed E-state index contributed by atoms with van der Waals surface area (Å²) < 4.78 is 0. The van der Waals surface area contributed by atoms with Crippen LogP contribution in [0.25, 0.3) is 10.9 Å². The maximum atomic E-state index is 10.9. The van der Waals surface area contributed by atoms with Gasteiger partial charge in [0.05, 0.1) is 5.56 Å². The van der Waals surface area contributed by atoms with Crippen LogP contribution in [-0.4, -0.2) is 34.0 Å². The zero-order valence-corrected chi connectivity index (χ0v) is 11.4. The number of carboxylic acids is 1. The monoisotopic (exact) mass is 280 g/mol. The van der Waals surface area contributed by atoms with Crippen molar-refractivity contribution in [1.29, 1.82) is 0 Å². The van der Waals surface area contributed by atoms with Crippen LogP contribution < -0.4 is 0 Å². The number of aromatic carboxylic acids is 1. The van der Waals surface area contributed by atoms with E-state index in [9.17, 15) is 4.79 Å². The number of carbonyl (C=O) groups is 1. The molecule has 0 spiro atoms. The quantitative estimate of drug-likeness (QED) is 0.909. The highest BCUT2D eigenvalue weighted by atomic mass is 35.5. The van der Waals surface area contributed by atoms with Crippen molar-refractivity contribution in [2.75, 3.05) is 13.1 Å². The van der Waals surface area contributed by atoms with Crippen LogP contribution in [0.1, 0.15) is 28.8 Å². The van der Waals surface area contributed by atoms with E-state index in [0.29, 0.717) is 5.56 Å². The number of carboxylic acid groups (broad SMARTS) is 1. The van der Waals surface area contributed by atoms with Gasteiger partial charge in [0.15, 0.2) is 0 Å². The van der Waals surface area contributed by atoms with E-state index in [-0.39, 0.29) is 12.4 Å². The van der Waals surface area contributed by atoms with Crippen LogP contribution >= 0.6 is 12.4 Å². The van der Waals surface area contributed by atoms with E-state index in [2.05, 4.69) is 9.88 Å². The molecule has 0 aliphatic carbocycles. The molecule has 102 valence electrons. The summed E-state index contributed by atoms with van der Waals surface area (Å²) in [5, 5.41) is 10.1. The predicted molar refractivity (Wildman–Crippen MR) is 77.0 cm³/mol. The first-order valence-electron chi connectivity index (χ1n) is 6.30. The van der Waals surface area contributed by atoms with Gasteiger partial charge >= 0.3 is 5.97 Å². The van der Waals surface area contributed by atoms with Crippen molar-refractivity contribution in [3.63, 3.8) is 0 Å². The van der Waals surface area contributed by atoms with Gasteiger partial charge in [0.2, 0.25) is 0 Å². The van der Waals surface area contributed by atoms with Crippen molar-refractivity contribution in [2.45, 2.75) is 19.4 Å². The Hall–Kier alpha value is -1.52. The third kappa shape index (κ3) is 2.74. The van der Waals surface area contributed by atoms with Crippen LogP contribution in [0, 0.1) is 0 Å². The lowest BCUT2D eigenvalue weighted by Crippen LogP contribution is -2.17. The minimum absolute atomic E-state index is 0. The van der Waals surface area contributed by atoms with Gasteiger partial charge in [-0.3, -0.25) is 4.90 Å². The number of aromatic amines is 1. The van der Waals surface area contributed by atoms with Gasteiger partial charge in [0.25, 0.3) is 0 Å². The van der Waals surface area contributed by atoms with Crippen LogP contribution in [0.5, 0.6) is 0 Å². The molecule has 19 heavy (non-hydrogen) atoms. The molecular formula is C14H17ClN2O2. The first kappa shape index (κ1) is 13.9. The van der Waals surface area contributed by atoms with E-state index < -0.39 is 5.97 Å². The maximum Gasteiger partial charge on any atom is 0.335 e. The number of halogens is 1. The van der Waals surface area contributed by atoms with Crippen LogP contribution in [0.15, 0.2) is 24.4 Å². The standard InChI is InChI=1S/C14H16N2O2.ClH/c17-14(18)10-3-4-12-11(8-15-13(12)7-10)9-16-5-1-2-6-16;/h3-4,7-8,15H,1-2,5-6,9H2,(H,17,18);1H. The molecule has 3 rings (SSSR count). The molecule has 1 fully saturated rings. The lowest BCUT2D eigenvalue weighted by molar-refractivity contribution is 0.0697. The fourth-order valence-corrected chi connectivity index (χ4v) is 2.63. The summed E-state index contributed by atoms with van der Waals surface area (Å²) in [6.07, 6.45) is 4.56. The molecule has 0 unspecified atom stereocenters. The molecule has 5 heteroatoms. The third-order valence-electron chi connectivity index (χ3n) is 3.61. The molecule has 0 amide bonds. The lowest BCUT2D eigenvalue weighted by atomic mass is 10.1. The second kappa shape index (κ2) is 5.63. The molecule has 0 atom stereocenters. The summed E-state index contributed by atoms with van der Waals surface area (Å²) in [5.41, 5.74) is 2.49. The highest BCUT2D eigenvalue weighted by Gasteiger charge is 2.14. The molecule has 2 aromatic rings. The van der Waals surface area contributed by atoms with Crippen molar-refractivity contribution in [3.05, 3.63) is 35.5 Å². The molecular weight excluding hydrogens is 264 g/mol. The average Bonchev–Trinajstić information content (AvgIpc) is 2.99. The first-order valence-corrected chi connectivity index (χ1v) is 6.30. The molecule has 4 nitrogen and oxygen atoms in total. The van der Waals surface area contributed by atoms with E-state index in [1.165, 1.54) is 31.5 Å². The van der Waals surface area contributed by atoms with Gasteiger partial charge in [-0.25, -0.2) is 4.79 Å². The Labute approximate surface area is 117 Å². The molecule has 2 heterocycles. The first-order chi connectivity index (χ1) is 8.74. The number of hydrogen-bond acceptors (Lipinski definition) is 2. The maximum absolute atomic E-state index is 10.9. The van der Waals surface area contributed by atoms with Crippen molar-refractivity contribution >= 4 is 29.3 Å². The molecule has 0 radical (unpaired) electrons. The highest BCUT2D eigenvalue weighted by Crippen LogP contribution is 2.22. The van der Waals surface area contributed by atoms with Gasteiger partial charge < -0.3 is 10.1 Å². The number of rotatable bonds is 3. The number of H-pyrrole nitrogens is 1. The molecule has 2 N–H and O–H groups in total. The number of benzene rings is 1. The Morgan fingerprint density at radius 1 is 1.32 bits per heavy atom. The predicted octanol–water partition coefficient (Wildman–Crippen LogP) is 2.88. The topological polar surface area (TPSA) is 56.3 Å². The summed E-state index contributed by atoms with van der Waals surface area (Å²) in [4.78, 5) is 16.5. The third-order valence-corrected chi connectivity index (χ3v) is 3.61. The van der Waals surface area contributed by atoms with Crippen molar-refractivity contribution in [3.8, 4) is 0 Å². The molecule has 1 saturated heterocycles. The summed E-state index contributed by atoms with van der Waals surface area (Å²) in [7, 11) is 0. The second-order valence-electron chi connectivity index (χ2n) is 4.86. The zero-order valence-electron chi connectivity index (χ0n) is 10.6. The average molecular weight is 281 g/mol. The van der Waals surface area contributed by atoms with Gasteiger partial charge in [-0.1, -0.05) is 6.07 Å². The number of nitrogens with one attached hydrogen (secondary N) is 1. The summed E-state index contributed by atoms with van der Waals surface area (Å²) >= 11 is 0. The SMILES string of the molecule is Cl.O=C(O)c1ccc2c(CN3CCCC3)c[nH]c2c1. The van der Waals surface area contributed by atoms with Crippen molar-refractivity contribution in [1.82, 2.24) is 9.88 Å². The van der Waals surface area contributed by atoms with E-state index >= 15 is 0 Å². The van der Waals surface area contributed by atoms with E-state index in [1.807, 2.05) is 12.3 Å². The highest BCUT2D eigenvalue weighted by molar-refractivity contribution is 5.94. The van der Waals surface area contributed by atoms with Gasteiger partial charge in [-0.2, -0.15) is 0 Å². The number of fused-ring (bicyclic) bond motifs is 1. The van der Waals surface area contributed by atoms with Gasteiger partial charge in [0.1, 0.15) is 0 Å². The molecule has 1 aliphatic heterocycles. The number of hydrogen-bond donors (Lipinski definition) is 2. The fourth-order valence-electron chi connectivity index (χ4n) is 2.63. The van der Waals surface area contributed by atoms with E-state index in [0.717, 1.165) is 17.4 Å². The minimum Gasteiger partial charge on any atom is -0.478 e. The van der Waals surface area contributed by atoms with Crippen molar-refractivity contribution in [2.24, 2.45) is 0 Å². The van der Waals surface area contributed by atoms with Crippen LogP contribution in [0.2, 0.25) is 0 Å². The molecule has 0 saturated carbocycles. The smallest absolute Gasteiger partial charge is 0.335 e. The summed E-state index contributed by atoms with van der Waals surface area (Å²) in [5.74, 6) is -0.882. The van der Waals surface area contributed by atoms with Gasteiger partial charge in [-0.15, -0.1) is 12.4 Å². The van der Waals surface area contributed by atoms with E-state index in [4.69, 9.17) is 5.11 Å². The van der Waals surface area contributed by atoms with Gasteiger partial charge in [-0.05, 0) is 43.6 Å². The molecule has 1 aliphatic rings. The largest absolute Gasteiger partial charge is 0.478 e. The Morgan fingerprint density at radius 2 is 2.05 bits per heavy atom. The Bertz CT molecular complexity index is 588. The number of nitrogens with zero attached hydrogens (tertiary/aromatic N) is 1. The normalized spacial score (nSPS) is 15.6. The molecule has 1 aromatic heterocycles. The van der Waals surface area contributed by atoms with Gasteiger partial charge in [0, 0.05) is 23.6 Å². The minimum atomic E-state index is -0.882. The Balaban J connectivity index is 0.00000133. The fraction of sp³-hybridized carbons (Fsp3) is 0.357. The lowest BCUT2D eigenvalue weighted by Gasteiger charge is -2.13. The summed E-state index contributed by atoms with van der Waals surface area (Å²) in [6, 6.07) is 5.28. The van der Waals surface area contributed by atoms with Crippen LogP contribution in [0.4, 0.5) is 0 Å². The Kier molecular flexibility index (Phi) is 4.12.